The van der Waals surface area contributed by atoms with Gasteiger partial charge in [-0.05, 0) is 75.7 Å². The summed E-state index contributed by atoms with van der Waals surface area (Å²) < 4.78 is 8.94. The molecule has 2 aromatic heterocycles. The van der Waals surface area contributed by atoms with Crippen LogP contribution in [0, 0.1) is 11.3 Å². The second kappa shape index (κ2) is 10.3. The fraction of sp³-hybridized carbons (Fsp3) is 0.250. The van der Waals surface area contributed by atoms with Gasteiger partial charge < -0.3 is 14.6 Å². The molecule has 2 aromatic carbocycles. The second-order valence-electron chi connectivity index (χ2n) is 9.98. The van der Waals surface area contributed by atoms with Crippen LogP contribution < -0.4 is 16.4 Å². The molecule has 10 nitrogen and oxygen atoms in total. The van der Waals surface area contributed by atoms with E-state index in [1.54, 1.807) is 58.0 Å². The number of carbonyl (C=O) groups excluding carboxylic acids is 2. The molecule has 0 saturated heterocycles. The molecule has 0 saturated carbocycles. The van der Waals surface area contributed by atoms with Crippen LogP contribution in [0.15, 0.2) is 64.3 Å². The van der Waals surface area contributed by atoms with Crippen LogP contribution >= 0.6 is 11.6 Å². The Hall–Kier alpha value is -4.62. The Morgan fingerprint density at radius 2 is 1.79 bits per heavy atom. The van der Waals surface area contributed by atoms with Crippen molar-refractivity contribution in [1.82, 2.24) is 13.9 Å². The van der Waals surface area contributed by atoms with Crippen LogP contribution in [-0.4, -0.2) is 31.5 Å². The highest BCUT2D eigenvalue weighted by Crippen LogP contribution is 2.26. The zero-order valence-electron chi connectivity index (χ0n) is 22.0. The predicted molar refractivity (Wildman–Crippen MR) is 148 cm³/mol. The number of anilines is 1. The molecule has 1 atom stereocenters. The van der Waals surface area contributed by atoms with E-state index in [-0.39, 0.29) is 10.9 Å². The van der Waals surface area contributed by atoms with Gasteiger partial charge in [0.05, 0.1) is 22.5 Å². The number of fused-ring (bicyclic) bond motifs is 1. The van der Waals surface area contributed by atoms with Gasteiger partial charge in [0.1, 0.15) is 11.6 Å². The first-order valence-corrected chi connectivity index (χ1v) is 12.4. The van der Waals surface area contributed by atoms with Gasteiger partial charge in [-0.15, -0.1) is 0 Å². The van der Waals surface area contributed by atoms with Crippen LogP contribution in [0.2, 0.25) is 5.02 Å². The lowest BCUT2D eigenvalue weighted by atomic mass is 10.0. The van der Waals surface area contributed by atoms with Crippen molar-refractivity contribution >= 4 is 40.2 Å². The summed E-state index contributed by atoms with van der Waals surface area (Å²) in [6.45, 7) is 6.71. The van der Waals surface area contributed by atoms with Gasteiger partial charge in [-0.1, -0.05) is 11.6 Å². The summed E-state index contributed by atoms with van der Waals surface area (Å²) in [7, 11) is 1.45. The maximum absolute atomic E-state index is 13.1. The topological polar surface area (TPSA) is 128 Å². The van der Waals surface area contributed by atoms with E-state index < -0.39 is 34.8 Å². The predicted octanol–water partition coefficient (Wildman–Crippen LogP) is 4.68. The molecule has 2 heterocycles. The zero-order valence-corrected chi connectivity index (χ0v) is 22.7. The number of benzene rings is 2. The molecule has 0 aliphatic heterocycles. The van der Waals surface area contributed by atoms with E-state index >= 15 is 0 Å². The monoisotopic (exact) mass is 547 g/mol. The van der Waals surface area contributed by atoms with E-state index in [4.69, 9.17) is 16.3 Å². The standard InChI is InChI=1S/C28H26ClN5O5/c1-16(33-11-10-17(12-24(33)35)22-13-19(29)7-6-18(22)15-30)25(36)31-20-8-9-21-23(14-20)34(32(5)26(21)37)27(38)39-28(2,3)4/h6-14,16H,1-5H3,(H,31,36). The average Bonchev–Trinajstić information content (AvgIpc) is 3.11. The summed E-state index contributed by atoms with van der Waals surface area (Å²) in [4.78, 5) is 51.5. The average molecular weight is 548 g/mol. The van der Waals surface area contributed by atoms with Gasteiger partial charge in [-0.3, -0.25) is 14.4 Å². The minimum Gasteiger partial charge on any atom is -0.442 e. The quantitative estimate of drug-likeness (QED) is 0.395. The van der Waals surface area contributed by atoms with Gasteiger partial charge in [0.25, 0.3) is 11.1 Å². The molecule has 1 N–H and O–H groups in total. The molecule has 0 aliphatic carbocycles. The van der Waals surface area contributed by atoms with Gasteiger partial charge in [0.15, 0.2) is 0 Å². The third kappa shape index (κ3) is 5.49. The van der Waals surface area contributed by atoms with Crippen LogP contribution in [-0.2, 0) is 16.6 Å². The number of aromatic nitrogens is 3. The van der Waals surface area contributed by atoms with Gasteiger partial charge in [-0.25, -0.2) is 9.48 Å². The molecule has 4 rings (SSSR count). The summed E-state index contributed by atoms with van der Waals surface area (Å²) in [6.07, 6.45) is 0.740. The number of pyridine rings is 1. The number of nitrogens with one attached hydrogen (secondary N) is 1. The molecule has 0 bridgehead atoms. The first-order chi connectivity index (χ1) is 18.3. The molecule has 0 fully saturated rings. The first-order valence-electron chi connectivity index (χ1n) is 12.0. The van der Waals surface area contributed by atoms with E-state index in [9.17, 15) is 24.4 Å². The van der Waals surface area contributed by atoms with Crippen LogP contribution in [0.1, 0.15) is 39.3 Å². The number of carbonyl (C=O) groups is 2. The molecule has 39 heavy (non-hydrogen) atoms. The minimum atomic E-state index is -0.902. The lowest BCUT2D eigenvalue weighted by molar-refractivity contribution is -0.118. The van der Waals surface area contributed by atoms with E-state index in [1.165, 1.54) is 36.0 Å². The number of halogens is 1. The Bertz CT molecular complexity index is 1790. The largest absolute Gasteiger partial charge is 0.442 e. The van der Waals surface area contributed by atoms with Crippen molar-refractivity contribution in [2.75, 3.05) is 5.32 Å². The van der Waals surface area contributed by atoms with Crippen molar-refractivity contribution in [2.24, 2.45) is 7.05 Å². The highest BCUT2D eigenvalue weighted by atomic mass is 35.5. The van der Waals surface area contributed by atoms with Crippen molar-refractivity contribution in [3.8, 4) is 17.2 Å². The van der Waals surface area contributed by atoms with Gasteiger partial charge in [0.2, 0.25) is 5.91 Å². The van der Waals surface area contributed by atoms with Crippen LogP contribution in [0.4, 0.5) is 10.5 Å². The summed E-state index contributed by atoms with van der Waals surface area (Å²) in [6, 6.07) is 13.5. The number of ether oxygens (including phenoxy) is 1. The third-order valence-electron chi connectivity index (χ3n) is 6.04. The minimum absolute atomic E-state index is 0.263. The number of nitriles is 1. The molecule has 200 valence electrons. The number of amides is 1. The molecule has 11 heteroatoms. The highest BCUT2D eigenvalue weighted by molar-refractivity contribution is 6.30. The molecule has 0 spiro atoms. The molecule has 4 aromatic rings. The molecular weight excluding hydrogens is 522 g/mol. The maximum atomic E-state index is 13.1. The van der Waals surface area contributed by atoms with E-state index in [1.807, 2.05) is 0 Å². The SMILES string of the molecule is CC(C(=O)Nc1ccc2c(=O)n(C)n(C(=O)OC(C)(C)C)c2c1)n1ccc(-c2cc(Cl)ccc2C#N)cc1=O. The van der Waals surface area contributed by atoms with Crippen molar-refractivity contribution < 1.29 is 14.3 Å². The van der Waals surface area contributed by atoms with Crippen molar-refractivity contribution in [2.45, 2.75) is 39.3 Å². The lowest BCUT2D eigenvalue weighted by Crippen LogP contribution is -2.32. The smallest absolute Gasteiger partial charge is 0.434 e. The summed E-state index contributed by atoms with van der Waals surface area (Å²) in [5.74, 6) is -0.494. The van der Waals surface area contributed by atoms with Crippen molar-refractivity contribution in [1.29, 1.82) is 5.26 Å². The van der Waals surface area contributed by atoms with E-state index in [0.29, 0.717) is 27.4 Å². The van der Waals surface area contributed by atoms with Crippen molar-refractivity contribution in [3.63, 3.8) is 0 Å². The second-order valence-corrected chi connectivity index (χ2v) is 10.4. The molecule has 0 radical (unpaired) electrons. The van der Waals surface area contributed by atoms with Crippen LogP contribution in [0.3, 0.4) is 0 Å². The summed E-state index contributed by atoms with van der Waals surface area (Å²) >= 11 is 6.07. The van der Waals surface area contributed by atoms with E-state index in [2.05, 4.69) is 11.4 Å². The Labute approximate surface area is 228 Å². The summed E-state index contributed by atoms with van der Waals surface area (Å²) in [5.41, 5.74) is 0.337. The Kier molecular flexibility index (Phi) is 7.22. The number of hydrogen-bond acceptors (Lipinski definition) is 6. The number of nitrogens with zero attached hydrogens (tertiary/aromatic N) is 4. The molecule has 1 unspecified atom stereocenters. The Morgan fingerprint density at radius 3 is 2.44 bits per heavy atom. The Balaban J connectivity index is 1.62. The van der Waals surface area contributed by atoms with E-state index in [0.717, 1.165) is 9.36 Å². The maximum Gasteiger partial charge on any atom is 0.434 e. The van der Waals surface area contributed by atoms with Gasteiger partial charge in [-0.2, -0.15) is 9.94 Å². The zero-order chi connectivity index (χ0) is 28.6. The first kappa shape index (κ1) is 27.4. The normalized spacial score (nSPS) is 12.1. The summed E-state index contributed by atoms with van der Waals surface area (Å²) in [5, 5.41) is 12.8. The molecule has 1 amide bonds. The van der Waals surface area contributed by atoms with Gasteiger partial charge >= 0.3 is 6.09 Å². The number of hydrogen-bond donors (Lipinski definition) is 1. The van der Waals surface area contributed by atoms with Crippen molar-refractivity contribution in [3.05, 3.63) is 86.0 Å². The van der Waals surface area contributed by atoms with Crippen LogP contribution in [0.5, 0.6) is 0 Å². The fourth-order valence-corrected chi connectivity index (χ4v) is 4.29. The Morgan fingerprint density at radius 1 is 1.08 bits per heavy atom. The lowest BCUT2D eigenvalue weighted by Gasteiger charge is -2.20. The van der Waals surface area contributed by atoms with Crippen LogP contribution in [0.25, 0.3) is 22.0 Å². The number of rotatable bonds is 4. The molecule has 0 aliphatic rings. The third-order valence-corrected chi connectivity index (χ3v) is 6.28. The highest BCUT2D eigenvalue weighted by Gasteiger charge is 2.24. The van der Waals surface area contributed by atoms with Gasteiger partial charge in [0, 0.05) is 35.6 Å². The fourth-order valence-electron chi connectivity index (χ4n) is 4.12. The molecular formula is C28H26ClN5O5.